The van der Waals surface area contributed by atoms with Gasteiger partial charge in [0.15, 0.2) is 0 Å². The number of carboxylic acids is 1. The molecule has 1 rings (SSSR count). The highest BCUT2D eigenvalue weighted by Gasteiger charge is 2.05. The Morgan fingerprint density at radius 1 is 1.46 bits per heavy atom. The van der Waals surface area contributed by atoms with Gasteiger partial charge in [0.25, 0.3) is 0 Å². The molecule has 0 bridgehead atoms. The molecule has 0 aromatic heterocycles. The Morgan fingerprint density at radius 2 is 2.15 bits per heavy atom. The molecule has 1 aromatic carbocycles. The Bertz CT molecular complexity index is 328. The number of nitrogens with two attached hydrogens (primary N) is 1. The van der Waals surface area contributed by atoms with Crippen molar-refractivity contribution in [1.82, 2.24) is 0 Å². The minimum Gasteiger partial charge on any atom is -0.539 e. The summed E-state index contributed by atoms with van der Waals surface area (Å²) in [6.45, 7) is 0. The van der Waals surface area contributed by atoms with E-state index in [9.17, 15) is 4.79 Å². The average Bonchev–Trinajstić information content (AvgIpc) is 2.03. The topological polar surface area (TPSA) is 92.8 Å². The highest BCUT2D eigenvalue weighted by atomic mass is 16.5. The van der Waals surface area contributed by atoms with Gasteiger partial charge in [0.1, 0.15) is 5.75 Å². The first-order chi connectivity index (χ1) is 6.13. The van der Waals surface area contributed by atoms with Crippen LogP contribution in [0.25, 0.3) is 0 Å². The van der Waals surface area contributed by atoms with Gasteiger partial charge in [-0.05, 0) is 12.1 Å². The third-order valence-corrected chi connectivity index (χ3v) is 1.41. The van der Waals surface area contributed by atoms with E-state index in [4.69, 9.17) is 15.9 Å². The van der Waals surface area contributed by atoms with Gasteiger partial charge in [-0.15, -0.1) is 0 Å². The Kier molecular flexibility index (Phi) is 2.76. The lowest BCUT2D eigenvalue weighted by Crippen LogP contribution is -2.03. The van der Waals surface area contributed by atoms with E-state index in [0.29, 0.717) is 0 Å². The first-order valence-electron chi connectivity index (χ1n) is 3.51. The van der Waals surface area contributed by atoms with Gasteiger partial charge in [-0.25, -0.2) is 4.79 Å². The monoisotopic (exact) mass is 181 g/mol. The highest BCUT2D eigenvalue weighted by Crippen LogP contribution is 2.18. The van der Waals surface area contributed by atoms with E-state index in [1.807, 2.05) is 0 Å². The van der Waals surface area contributed by atoms with E-state index in [-0.39, 0.29) is 17.0 Å². The molecule has 0 fully saturated rings. The summed E-state index contributed by atoms with van der Waals surface area (Å²) in [6, 6.07) is 4.03. The van der Waals surface area contributed by atoms with Crippen molar-refractivity contribution in [2.24, 2.45) is 0 Å². The molecule has 0 heterocycles. The van der Waals surface area contributed by atoms with E-state index in [0.717, 1.165) is 0 Å². The largest absolute Gasteiger partial charge is 0.539 e. The zero-order valence-electron chi connectivity index (χ0n) is 6.73. The number of nitrogen functional groups attached to an aromatic ring is 1. The smallest absolute Gasteiger partial charge is 0.504 e. The van der Waals surface area contributed by atoms with Gasteiger partial charge >= 0.3 is 13.7 Å². The van der Waals surface area contributed by atoms with Gasteiger partial charge in [-0.3, -0.25) is 0 Å². The number of carboxylic acid groups (broad SMARTS) is 1. The maximum atomic E-state index is 10.5. The molecule has 5 nitrogen and oxygen atoms in total. The van der Waals surface area contributed by atoms with Crippen LogP contribution >= 0.6 is 0 Å². The fourth-order valence-corrected chi connectivity index (χ4v) is 0.903. The lowest BCUT2D eigenvalue weighted by Gasteiger charge is -2.04. The number of anilines is 1. The quantitative estimate of drug-likeness (QED) is 0.435. The van der Waals surface area contributed by atoms with Crippen LogP contribution in [0.15, 0.2) is 18.2 Å². The van der Waals surface area contributed by atoms with E-state index < -0.39 is 13.7 Å². The predicted octanol–water partition coefficient (Wildman–Crippen LogP) is -0.395. The summed E-state index contributed by atoms with van der Waals surface area (Å²) in [5.41, 5.74) is 5.71. The fourth-order valence-electron chi connectivity index (χ4n) is 0.903. The second-order valence-electron chi connectivity index (χ2n) is 2.37. The molecule has 0 aliphatic rings. The molecule has 0 saturated heterocycles. The predicted molar refractivity (Wildman–Crippen MR) is 47.8 cm³/mol. The molecule has 4 N–H and O–H groups in total. The van der Waals surface area contributed by atoms with Crippen molar-refractivity contribution in [2.75, 3.05) is 5.73 Å². The molecule has 0 saturated carbocycles. The molecule has 0 aliphatic heterocycles. The summed E-state index contributed by atoms with van der Waals surface area (Å²) < 4.78 is 4.69. The van der Waals surface area contributed by atoms with Crippen LogP contribution in [0, 0.1) is 0 Å². The fraction of sp³-hybridized carbons (Fsp3) is 0. The molecule has 6 heteroatoms. The summed E-state index contributed by atoms with van der Waals surface area (Å²) in [6.07, 6.45) is 0. The standard InChI is InChI=1S/C7H8BNO4/c9-5-1-4(7(10)11)2-6(3-5)13-8-12/h1-3,8,12H,9H2,(H,10,11). The van der Waals surface area contributed by atoms with Crippen molar-refractivity contribution in [2.45, 2.75) is 0 Å². The number of benzene rings is 1. The molecule has 0 radical (unpaired) electrons. The van der Waals surface area contributed by atoms with Crippen molar-refractivity contribution in [3.05, 3.63) is 23.8 Å². The third-order valence-electron chi connectivity index (χ3n) is 1.41. The first kappa shape index (κ1) is 9.40. The summed E-state index contributed by atoms with van der Waals surface area (Å²) in [7, 11) is -0.511. The normalized spacial score (nSPS) is 9.31. The Balaban J connectivity index is 3.03. The van der Waals surface area contributed by atoms with Crippen molar-refractivity contribution < 1.29 is 19.6 Å². The summed E-state index contributed by atoms with van der Waals surface area (Å²) >= 11 is 0. The molecule has 0 unspecified atom stereocenters. The summed E-state index contributed by atoms with van der Waals surface area (Å²) in [5, 5.41) is 17.1. The SMILES string of the molecule is Nc1cc(OBO)cc(C(=O)O)c1. The molecular formula is C7H8BNO4. The number of hydrogen-bond donors (Lipinski definition) is 3. The van der Waals surface area contributed by atoms with Crippen molar-refractivity contribution in [1.29, 1.82) is 0 Å². The van der Waals surface area contributed by atoms with Crippen molar-refractivity contribution in [3.63, 3.8) is 0 Å². The van der Waals surface area contributed by atoms with Crippen LogP contribution in [0.2, 0.25) is 0 Å². The van der Waals surface area contributed by atoms with E-state index in [1.54, 1.807) is 0 Å². The second kappa shape index (κ2) is 3.82. The third kappa shape index (κ3) is 2.38. The Hall–Kier alpha value is -1.69. The van der Waals surface area contributed by atoms with Crippen LogP contribution in [0.1, 0.15) is 10.4 Å². The van der Waals surface area contributed by atoms with Crippen LogP contribution in [0.5, 0.6) is 5.75 Å². The minimum atomic E-state index is -1.09. The van der Waals surface area contributed by atoms with E-state index in [2.05, 4.69) is 4.65 Å². The molecule has 13 heavy (non-hydrogen) atoms. The van der Waals surface area contributed by atoms with Crippen LogP contribution in [0.3, 0.4) is 0 Å². The molecule has 1 aromatic rings. The zero-order valence-corrected chi connectivity index (χ0v) is 6.73. The molecular weight excluding hydrogens is 173 g/mol. The van der Waals surface area contributed by atoms with Gasteiger partial charge in [0.2, 0.25) is 0 Å². The van der Waals surface area contributed by atoms with Crippen molar-refractivity contribution in [3.8, 4) is 5.75 Å². The maximum absolute atomic E-state index is 10.5. The number of aromatic carboxylic acids is 1. The molecule has 68 valence electrons. The summed E-state index contributed by atoms with van der Waals surface area (Å²) in [5.74, 6) is -0.852. The Morgan fingerprint density at radius 3 is 2.69 bits per heavy atom. The van der Waals surface area contributed by atoms with Gasteiger partial charge in [-0.2, -0.15) is 0 Å². The maximum Gasteiger partial charge on any atom is 0.504 e. The van der Waals surface area contributed by atoms with Gasteiger partial charge < -0.3 is 20.5 Å². The van der Waals surface area contributed by atoms with Crippen LogP contribution < -0.4 is 10.4 Å². The van der Waals surface area contributed by atoms with Gasteiger partial charge in [-0.1, -0.05) is 0 Å². The Labute approximate surface area is 75.1 Å². The average molecular weight is 181 g/mol. The zero-order chi connectivity index (χ0) is 9.84. The van der Waals surface area contributed by atoms with Crippen LogP contribution in [-0.4, -0.2) is 23.8 Å². The lowest BCUT2D eigenvalue weighted by atomic mass is 10.2. The van der Waals surface area contributed by atoms with E-state index >= 15 is 0 Å². The van der Waals surface area contributed by atoms with Crippen LogP contribution in [-0.2, 0) is 0 Å². The van der Waals surface area contributed by atoms with Crippen molar-refractivity contribution >= 4 is 19.3 Å². The van der Waals surface area contributed by atoms with Crippen LogP contribution in [0.4, 0.5) is 5.69 Å². The number of hydrogen-bond acceptors (Lipinski definition) is 4. The lowest BCUT2D eigenvalue weighted by molar-refractivity contribution is 0.0696. The van der Waals surface area contributed by atoms with Gasteiger partial charge in [0, 0.05) is 11.8 Å². The first-order valence-corrected chi connectivity index (χ1v) is 3.51. The second-order valence-corrected chi connectivity index (χ2v) is 2.37. The minimum absolute atomic E-state index is 0.0310. The molecule has 0 amide bonds. The summed E-state index contributed by atoms with van der Waals surface area (Å²) in [4.78, 5) is 10.5. The number of carbonyl (C=O) groups is 1. The molecule has 0 atom stereocenters. The van der Waals surface area contributed by atoms with E-state index in [1.165, 1.54) is 18.2 Å². The highest BCUT2D eigenvalue weighted by molar-refractivity contribution is 6.17. The molecule has 0 spiro atoms. The van der Waals surface area contributed by atoms with Gasteiger partial charge in [0.05, 0.1) is 5.56 Å². The molecule has 0 aliphatic carbocycles. The number of rotatable bonds is 3.